The van der Waals surface area contributed by atoms with Crippen LogP contribution in [0.4, 0.5) is 14.6 Å². The summed E-state index contributed by atoms with van der Waals surface area (Å²) in [7, 11) is 1.64. The summed E-state index contributed by atoms with van der Waals surface area (Å²) < 4.78 is 27.3. The Morgan fingerprint density at radius 2 is 2.05 bits per heavy atom. The Kier molecular flexibility index (Phi) is 6.41. The van der Waals surface area contributed by atoms with Crippen LogP contribution < -0.4 is 5.32 Å². The van der Waals surface area contributed by atoms with E-state index in [-0.39, 0.29) is 19.5 Å². The maximum absolute atomic E-state index is 13.6. The second-order valence-corrected chi connectivity index (χ2v) is 5.56. The Morgan fingerprint density at radius 1 is 1.41 bits per heavy atom. The maximum atomic E-state index is 13.6. The number of hydrogen-bond donors (Lipinski definition) is 1. The molecule has 1 N–H and O–H groups in total. The minimum atomic E-state index is -2.80. The van der Waals surface area contributed by atoms with E-state index in [4.69, 9.17) is 0 Å². The van der Waals surface area contributed by atoms with E-state index in [0.29, 0.717) is 5.82 Å². The van der Waals surface area contributed by atoms with Crippen LogP contribution in [0.25, 0.3) is 0 Å². The molecule has 1 atom stereocenters. The van der Waals surface area contributed by atoms with Crippen molar-refractivity contribution in [2.45, 2.75) is 40.0 Å². The number of aromatic nitrogens is 1. The molecule has 2 heterocycles. The molecule has 1 aromatic rings. The molecule has 0 saturated carbocycles. The van der Waals surface area contributed by atoms with Crippen molar-refractivity contribution in [1.82, 2.24) is 9.88 Å². The van der Waals surface area contributed by atoms with Crippen molar-refractivity contribution >= 4 is 11.7 Å². The van der Waals surface area contributed by atoms with E-state index in [1.807, 2.05) is 27.7 Å². The van der Waals surface area contributed by atoms with Gasteiger partial charge >= 0.3 is 0 Å². The number of anilines is 1. The van der Waals surface area contributed by atoms with Crippen LogP contribution in [-0.2, 0) is 4.79 Å². The van der Waals surface area contributed by atoms with Crippen LogP contribution in [0.1, 0.15) is 31.4 Å². The SMILES string of the molecule is CC.Cc1cnc(NC(=O)CC2CN(C)CC2(F)F)cc1C. The number of halogens is 2. The van der Waals surface area contributed by atoms with Crippen molar-refractivity contribution in [1.29, 1.82) is 0 Å². The number of nitrogens with zero attached hydrogens (tertiary/aromatic N) is 2. The molecular formula is C16H25F2N3O. The highest BCUT2D eigenvalue weighted by Crippen LogP contribution is 2.34. The van der Waals surface area contributed by atoms with Crippen LogP contribution in [0.2, 0.25) is 0 Å². The summed E-state index contributed by atoms with van der Waals surface area (Å²) in [6.45, 7) is 7.78. The van der Waals surface area contributed by atoms with E-state index >= 15 is 0 Å². The number of hydrogen-bond acceptors (Lipinski definition) is 3. The molecule has 1 amide bonds. The fraction of sp³-hybridized carbons (Fsp3) is 0.625. The second-order valence-electron chi connectivity index (χ2n) is 5.56. The Morgan fingerprint density at radius 3 is 2.55 bits per heavy atom. The molecule has 0 aromatic carbocycles. The summed E-state index contributed by atoms with van der Waals surface area (Å²) in [5.41, 5.74) is 2.02. The highest BCUT2D eigenvalue weighted by atomic mass is 19.3. The van der Waals surface area contributed by atoms with E-state index in [2.05, 4.69) is 10.3 Å². The van der Waals surface area contributed by atoms with Crippen molar-refractivity contribution in [3.63, 3.8) is 0 Å². The van der Waals surface area contributed by atoms with Gasteiger partial charge in [-0.1, -0.05) is 13.8 Å². The summed E-state index contributed by atoms with van der Waals surface area (Å²) in [6, 6.07) is 1.74. The van der Waals surface area contributed by atoms with Gasteiger partial charge in [-0.05, 0) is 38.1 Å². The first kappa shape index (κ1) is 18.5. The van der Waals surface area contributed by atoms with Gasteiger partial charge in [0.05, 0.1) is 6.54 Å². The second kappa shape index (κ2) is 7.63. The molecule has 4 nitrogen and oxygen atoms in total. The highest BCUT2D eigenvalue weighted by Gasteiger charge is 2.47. The van der Waals surface area contributed by atoms with Crippen molar-refractivity contribution in [2.75, 3.05) is 25.5 Å². The molecule has 0 spiro atoms. The van der Waals surface area contributed by atoms with Crippen molar-refractivity contribution in [3.8, 4) is 0 Å². The first-order chi connectivity index (χ1) is 10.3. The van der Waals surface area contributed by atoms with Gasteiger partial charge in [-0.25, -0.2) is 13.8 Å². The van der Waals surface area contributed by atoms with Gasteiger partial charge in [0.2, 0.25) is 5.91 Å². The third-order valence-electron chi connectivity index (χ3n) is 3.68. The predicted octanol–water partition coefficient (Wildman–Crippen LogP) is 3.25. The molecule has 2 rings (SSSR count). The van der Waals surface area contributed by atoms with Gasteiger partial charge in [0.25, 0.3) is 5.92 Å². The molecule has 1 unspecified atom stereocenters. The Balaban J connectivity index is 0.00000116. The van der Waals surface area contributed by atoms with Gasteiger partial charge in [0.1, 0.15) is 5.82 Å². The molecule has 124 valence electrons. The molecule has 1 aromatic heterocycles. The van der Waals surface area contributed by atoms with Gasteiger partial charge < -0.3 is 10.2 Å². The summed E-state index contributed by atoms with van der Waals surface area (Å²) in [6.07, 6.45) is 1.47. The average Bonchev–Trinajstić information content (AvgIpc) is 2.69. The van der Waals surface area contributed by atoms with Crippen molar-refractivity contribution in [2.24, 2.45) is 5.92 Å². The third-order valence-corrected chi connectivity index (χ3v) is 3.68. The Labute approximate surface area is 130 Å². The number of rotatable bonds is 3. The summed E-state index contributed by atoms with van der Waals surface area (Å²) in [4.78, 5) is 17.5. The monoisotopic (exact) mass is 313 g/mol. The lowest BCUT2D eigenvalue weighted by molar-refractivity contribution is -0.120. The molecule has 6 heteroatoms. The van der Waals surface area contributed by atoms with Gasteiger partial charge in [0.15, 0.2) is 0 Å². The number of likely N-dealkylation sites (tertiary alicyclic amines) is 1. The lowest BCUT2D eigenvalue weighted by atomic mass is 10.0. The Hall–Kier alpha value is -1.56. The van der Waals surface area contributed by atoms with Crippen LogP contribution in [0.3, 0.4) is 0 Å². The van der Waals surface area contributed by atoms with E-state index in [1.54, 1.807) is 24.2 Å². The number of pyridine rings is 1. The molecular weight excluding hydrogens is 288 g/mol. The van der Waals surface area contributed by atoms with Gasteiger partial charge in [-0.15, -0.1) is 0 Å². The first-order valence-corrected chi connectivity index (χ1v) is 7.57. The topological polar surface area (TPSA) is 45.2 Å². The van der Waals surface area contributed by atoms with E-state index in [0.717, 1.165) is 11.1 Å². The predicted molar refractivity (Wildman–Crippen MR) is 84.2 cm³/mol. The summed E-state index contributed by atoms with van der Waals surface area (Å²) in [5, 5.41) is 2.59. The van der Waals surface area contributed by atoms with Gasteiger partial charge in [0, 0.05) is 25.1 Å². The zero-order valence-corrected chi connectivity index (χ0v) is 13.9. The maximum Gasteiger partial charge on any atom is 0.265 e. The number of carbonyl (C=O) groups is 1. The number of carbonyl (C=O) groups excluding carboxylic acids is 1. The average molecular weight is 313 g/mol. The first-order valence-electron chi connectivity index (χ1n) is 7.57. The third kappa shape index (κ3) is 4.73. The smallest absolute Gasteiger partial charge is 0.265 e. The molecule has 1 saturated heterocycles. The Bertz CT molecular complexity index is 520. The fourth-order valence-electron chi connectivity index (χ4n) is 2.39. The van der Waals surface area contributed by atoms with Crippen LogP contribution in [0.15, 0.2) is 12.3 Å². The lowest BCUT2D eigenvalue weighted by Gasteiger charge is -2.17. The minimum absolute atomic E-state index is 0.189. The summed E-state index contributed by atoms with van der Waals surface area (Å²) in [5.74, 6) is -3.74. The molecule has 1 aliphatic rings. The number of alkyl halides is 2. The fourth-order valence-corrected chi connectivity index (χ4v) is 2.39. The standard InChI is InChI=1S/C14H19F2N3O.C2H6/c1-9-4-12(17-6-10(9)2)18-13(20)5-11-7-19(3)8-14(11,15)16;1-2/h4,6,11H,5,7-8H2,1-3H3,(H,17,18,20);1-2H3. The van der Waals surface area contributed by atoms with E-state index in [1.165, 1.54) is 0 Å². The zero-order chi connectivity index (χ0) is 16.9. The zero-order valence-electron chi connectivity index (χ0n) is 13.9. The molecule has 0 bridgehead atoms. The summed E-state index contributed by atoms with van der Waals surface area (Å²) >= 11 is 0. The van der Waals surface area contributed by atoms with Crippen LogP contribution in [0.5, 0.6) is 0 Å². The van der Waals surface area contributed by atoms with Crippen LogP contribution in [0, 0.1) is 19.8 Å². The molecule has 1 fully saturated rings. The van der Waals surface area contributed by atoms with E-state index < -0.39 is 17.7 Å². The van der Waals surface area contributed by atoms with Crippen LogP contribution >= 0.6 is 0 Å². The van der Waals surface area contributed by atoms with Gasteiger partial charge in [-0.2, -0.15) is 0 Å². The van der Waals surface area contributed by atoms with Crippen molar-refractivity contribution in [3.05, 3.63) is 23.4 Å². The largest absolute Gasteiger partial charge is 0.311 e. The van der Waals surface area contributed by atoms with Crippen LogP contribution in [-0.4, -0.2) is 41.9 Å². The normalized spacial score (nSPS) is 20.2. The molecule has 0 aliphatic carbocycles. The van der Waals surface area contributed by atoms with E-state index in [9.17, 15) is 13.6 Å². The highest BCUT2D eigenvalue weighted by molar-refractivity contribution is 5.90. The lowest BCUT2D eigenvalue weighted by Crippen LogP contribution is -2.30. The molecule has 22 heavy (non-hydrogen) atoms. The molecule has 1 aliphatic heterocycles. The van der Waals surface area contributed by atoms with Crippen molar-refractivity contribution < 1.29 is 13.6 Å². The molecule has 0 radical (unpaired) electrons. The quantitative estimate of drug-likeness (QED) is 0.931. The number of nitrogens with one attached hydrogen (secondary N) is 1. The number of amides is 1. The number of aryl methyl sites for hydroxylation is 2. The van der Waals surface area contributed by atoms with Gasteiger partial charge in [-0.3, -0.25) is 4.79 Å². The minimum Gasteiger partial charge on any atom is -0.311 e.